The van der Waals surface area contributed by atoms with Gasteiger partial charge < -0.3 is 14.8 Å². The van der Waals surface area contributed by atoms with E-state index < -0.39 is 5.91 Å². The van der Waals surface area contributed by atoms with Crippen LogP contribution in [0.15, 0.2) is 47.5 Å². The van der Waals surface area contributed by atoms with Gasteiger partial charge in [-0.25, -0.2) is 14.5 Å². The first-order valence-corrected chi connectivity index (χ1v) is 10.1. The number of carbonyl (C=O) groups is 1. The number of hydrogen-bond donors (Lipinski definition) is 2. The van der Waals surface area contributed by atoms with Crippen LogP contribution in [0.2, 0.25) is 0 Å². The van der Waals surface area contributed by atoms with Gasteiger partial charge in [-0.15, -0.1) is 0 Å². The zero-order chi connectivity index (χ0) is 20.1. The number of benzene rings is 2. The lowest BCUT2D eigenvalue weighted by atomic mass is 10.1. The second kappa shape index (κ2) is 6.64. The van der Waals surface area contributed by atoms with Crippen molar-refractivity contribution in [1.29, 1.82) is 0 Å². The minimum Gasteiger partial charge on any atom is -0.494 e. The van der Waals surface area contributed by atoms with E-state index in [1.165, 1.54) is 15.9 Å². The number of carbonyl (C=O) groups excluding carboxylic acids is 1. The summed E-state index contributed by atoms with van der Waals surface area (Å²) in [5.74, 6) is 0.160. The number of hydrogen-bond acceptors (Lipinski definition) is 6. The molecule has 9 heteroatoms. The third-order valence-electron chi connectivity index (χ3n) is 4.58. The molecule has 0 saturated carbocycles. The maximum absolute atomic E-state index is 12.5. The lowest BCUT2D eigenvalue weighted by molar-refractivity contribution is -0.112. The van der Waals surface area contributed by atoms with Crippen LogP contribution >= 0.6 is 23.6 Å². The minimum absolute atomic E-state index is 0.172. The minimum atomic E-state index is -0.421. The molecule has 0 atom stereocenters. The highest BCUT2D eigenvalue weighted by Gasteiger charge is 2.26. The molecule has 0 radical (unpaired) electrons. The fourth-order valence-corrected chi connectivity index (χ4v) is 4.66. The molecule has 3 heterocycles. The Hall–Kier alpha value is -3.30. The first kappa shape index (κ1) is 17.8. The topological polar surface area (TPSA) is 92.5 Å². The summed E-state index contributed by atoms with van der Waals surface area (Å²) < 4.78 is 8.11. The van der Waals surface area contributed by atoms with Crippen molar-refractivity contribution >= 4 is 45.3 Å². The number of H-pyrrole nitrogens is 1. The van der Waals surface area contributed by atoms with Crippen molar-refractivity contribution in [2.24, 2.45) is 4.99 Å². The molecule has 2 N–H and O–H groups in total. The molecule has 1 aliphatic rings. The summed E-state index contributed by atoms with van der Waals surface area (Å²) in [5, 5.41) is 12.6. The van der Waals surface area contributed by atoms with Gasteiger partial charge in [-0.3, -0.25) is 4.79 Å². The Labute approximate surface area is 173 Å². The average molecular weight is 422 g/mol. The lowest BCUT2D eigenvalue weighted by Gasteiger charge is -2.00. The molecule has 29 heavy (non-hydrogen) atoms. The number of aromatic nitrogens is 3. The van der Waals surface area contributed by atoms with Crippen molar-refractivity contribution in [2.75, 3.05) is 6.61 Å². The number of imidazole rings is 1. The number of amides is 1. The van der Waals surface area contributed by atoms with Gasteiger partial charge in [0, 0.05) is 5.22 Å². The Morgan fingerprint density at radius 3 is 2.93 bits per heavy atom. The van der Waals surface area contributed by atoms with E-state index in [1.807, 2.05) is 37.3 Å². The lowest BCUT2D eigenvalue weighted by Crippen LogP contribution is -2.22. The fraction of sp³-hybridized carbons (Fsp3) is 0.100. The van der Waals surface area contributed by atoms with Gasteiger partial charge in [0.05, 0.1) is 27.8 Å². The second-order valence-electron chi connectivity index (χ2n) is 6.33. The van der Waals surface area contributed by atoms with E-state index in [0.29, 0.717) is 27.9 Å². The van der Waals surface area contributed by atoms with Crippen molar-refractivity contribution in [3.63, 3.8) is 0 Å². The zero-order valence-electron chi connectivity index (χ0n) is 15.2. The molecule has 1 aliphatic heterocycles. The number of aromatic amines is 1. The van der Waals surface area contributed by atoms with Crippen LogP contribution in [-0.2, 0) is 4.79 Å². The number of nitrogens with one attached hydrogen (secondary N) is 1. The molecule has 0 bridgehead atoms. The van der Waals surface area contributed by atoms with Crippen molar-refractivity contribution in [1.82, 2.24) is 14.5 Å². The third-order valence-corrected chi connectivity index (χ3v) is 5.87. The monoisotopic (exact) mass is 422 g/mol. The van der Waals surface area contributed by atoms with Crippen LogP contribution in [0.3, 0.4) is 0 Å². The molecule has 0 unspecified atom stereocenters. The predicted molar refractivity (Wildman–Crippen MR) is 112 cm³/mol. The molecule has 0 aliphatic carbocycles. The van der Waals surface area contributed by atoms with Gasteiger partial charge in [-0.1, -0.05) is 29.5 Å². The van der Waals surface area contributed by atoms with E-state index >= 15 is 0 Å². The van der Waals surface area contributed by atoms with E-state index in [-0.39, 0.29) is 16.3 Å². The molecule has 2 aromatic carbocycles. The van der Waals surface area contributed by atoms with Crippen LogP contribution in [0, 0.1) is 4.77 Å². The smallest absolute Gasteiger partial charge is 0.280 e. The van der Waals surface area contributed by atoms with Crippen molar-refractivity contribution in [3.05, 3.63) is 63.5 Å². The van der Waals surface area contributed by atoms with Crippen LogP contribution in [0.5, 0.6) is 11.6 Å². The number of aromatic hydroxyl groups is 1. The summed E-state index contributed by atoms with van der Waals surface area (Å²) in [6, 6.07) is 12.8. The van der Waals surface area contributed by atoms with Gasteiger partial charge in [-0.2, -0.15) is 0 Å². The molecule has 7 nitrogen and oxygen atoms in total. The van der Waals surface area contributed by atoms with Gasteiger partial charge in [0.15, 0.2) is 9.90 Å². The summed E-state index contributed by atoms with van der Waals surface area (Å²) in [7, 11) is 0. The zero-order valence-corrected chi connectivity index (χ0v) is 16.8. The largest absolute Gasteiger partial charge is 0.494 e. The van der Waals surface area contributed by atoms with Gasteiger partial charge in [-0.05, 0) is 43.4 Å². The van der Waals surface area contributed by atoms with Crippen LogP contribution in [0.1, 0.15) is 12.6 Å². The highest BCUT2D eigenvalue weighted by molar-refractivity contribution is 7.71. The van der Waals surface area contributed by atoms with Gasteiger partial charge >= 0.3 is 0 Å². The third kappa shape index (κ3) is 2.78. The maximum atomic E-state index is 12.5. The second-order valence-corrected chi connectivity index (χ2v) is 7.73. The van der Waals surface area contributed by atoms with E-state index in [0.717, 1.165) is 16.0 Å². The van der Waals surface area contributed by atoms with Crippen molar-refractivity contribution < 1.29 is 14.6 Å². The Kier molecular flexibility index (Phi) is 4.07. The van der Waals surface area contributed by atoms with Crippen molar-refractivity contribution in [3.8, 4) is 16.8 Å². The van der Waals surface area contributed by atoms with E-state index in [9.17, 15) is 9.90 Å². The Morgan fingerprint density at radius 1 is 1.28 bits per heavy atom. The first-order chi connectivity index (χ1) is 14.1. The quantitative estimate of drug-likeness (QED) is 0.493. The Bertz CT molecular complexity index is 1480. The molecule has 1 amide bonds. The molecule has 0 fully saturated rings. The highest BCUT2D eigenvalue weighted by atomic mass is 32.1. The average Bonchev–Trinajstić information content (AvgIpc) is 3.34. The molecule has 2 aromatic heterocycles. The van der Waals surface area contributed by atoms with E-state index in [1.54, 1.807) is 12.1 Å². The van der Waals surface area contributed by atoms with Gasteiger partial charge in [0.25, 0.3) is 5.91 Å². The summed E-state index contributed by atoms with van der Waals surface area (Å²) in [6.45, 7) is 2.50. The predicted octanol–water partition coefficient (Wildman–Crippen LogP) is 2.61. The molecule has 144 valence electrons. The number of rotatable bonds is 4. The maximum Gasteiger partial charge on any atom is 0.280 e. The number of thiazole rings is 1. The number of nitrogens with zero attached hydrogens (tertiary/aromatic N) is 3. The molecule has 4 aromatic rings. The van der Waals surface area contributed by atoms with Crippen LogP contribution in [0.4, 0.5) is 0 Å². The molecular weight excluding hydrogens is 408 g/mol. The van der Waals surface area contributed by atoms with Gasteiger partial charge in [0.2, 0.25) is 5.88 Å². The van der Waals surface area contributed by atoms with Crippen LogP contribution in [0.25, 0.3) is 20.9 Å². The molecule has 0 spiro atoms. The summed E-state index contributed by atoms with van der Waals surface area (Å²) >= 11 is 6.79. The molecule has 5 rings (SSSR count). The highest BCUT2D eigenvalue weighted by Crippen LogP contribution is 2.33. The Morgan fingerprint density at radius 2 is 2.10 bits per heavy atom. The molecule has 0 saturated heterocycles. The van der Waals surface area contributed by atoms with Gasteiger partial charge in [0.1, 0.15) is 11.4 Å². The number of para-hydroxylation sites is 1. The summed E-state index contributed by atoms with van der Waals surface area (Å²) in [6.07, 6.45) is 0. The molecular formula is C20H14N4O3S2. The van der Waals surface area contributed by atoms with Crippen LogP contribution < -0.4 is 15.3 Å². The fourth-order valence-electron chi connectivity index (χ4n) is 3.33. The van der Waals surface area contributed by atoms with Crippen LogP contribution in [-0.4, -0.2) is 32.2 Å². The first-order valence-electron chi connectivity index (χ1n) is 8.87. The Balaban J connectivity index is 1.69. The summed E-state index contributed by atoms with van der Waals surface area (Å²) in [5.41, 5.74) is 1.30. The normalized spacial score (nSPS) is 13.0. The summed E-state index contributed by atoms with van der Waals surface area (Å²) in [4.78, 5) is 24.0. The SMILES string of the molecule is CCOc1ccc2nc(-n3c(O)c(C4=c5ccccc5=NC4=O)[nH]c3=S)sc2c1. The standard InChI is InChI=1S/C20H14N4O3S2/c1-2-27-10-7-8-13-14(9-10)29-20(22-13)24-18(26)16(23-19(24)28)15-11-5-3-4-6-12(11)21-17(15)25/h3-9,26H,2H2,1H3,(H,23,28). The number of ether oxygens (including phenoxy) is 1. The van der Waals surface area contributed by atoms with Crippen molar-refractivity contribution in [2.45, 2.75) is 6.92 Å². The number of fused-ring (bicyclic) bond motifs is 2. The van der Waals surface area contributed by atoms with E-state index in [2.05, 4.69) is 15.0 Å². The van der Waals surface area contributed by atoms with E-state index in [4.69, 9.17) is 17.0 Å².